The summed E-state index contributed by atoms with van der Waals surface area (Å²) in [7, 11) is 0. The summed E-state index contributed by atoms with van der Waals surface area (Å²) in [5, 5.41) is 0. The predicted octanol–water partition coefficient (Wildman–Crippen LogP) is 5.03. The summed E-state index contributed by atoms with van der Waals surface area (Å²) >= 11 is 0. The molecule has 128 valence electrons. The molecule has 0 amide bonds. The SMILES string of the molecule is CCCCCc1ccc(C#CC(=O)OC/C=C/c2ccccc2)cc1. The van der Waals surface area contributed by atoms with Gasteiger partial charge in [-0.1, -0.05) is 74.2 Å². The second-order valence-electron chi connectivity index (χ2n) is 5.82. The average molecular weight is 332 g/mol. The van der Waals surface area contributed by atoms with E-state index < -0.39 is 5.97 Å². The molecule has 0 N–H and O–H groups in total. The first-order valence-corrected chi connectivity index (χ1v) is 8.77. The van der Waals surface area contributed by atoms with Crippen LogP contribution in [0.3, 0.4) is 0 Å². The fourth-order valence-electron chi connectivity index (χ4n) is 2.37. The number of unbranched alkanes of at least 4 members (excludes halogenated alkanes) is 2. The van der Waals surface area contributed by atoms with Crippen LogP contribution in [0, 0.1) is 11.8 Å². The van der Waals surface area contributed by atoms with E-state index in [-0.39, 0.29) is 6.61 Å². The summed E-state index contributed by atoms with van der Waals surface area (Å²) in [4.78, 5) is 11.6. The molecule has 0 aromatic heterocycles. The number of hydrogen-bond donors (Lipinski definition) is 0. The second kappa shape index (κ2) is 10.9. The largest absolute Gasteiger partial charge is 0.452 e. The summed E-state index contributed by atoms with van der Waals surface area (Å²) < 4.78 is 5.08. The molecular formula is C23H24O2. The molecule has 25 heavy (non-hydrogen) atoms. The Labute approximate surface area is 150 Å². The van der Waals surface area contributed by atoms with Crippen LogP contribution in [-0.4, -0.2) is 12.6 Å². The average Bonchev–Trinajstić information content (AvgIpc) is 2.66. The van der Waals surface area contributed by atoms with Crippen LogP contribution < -0.4 is 0 Å². The highest BCUT2D eigenvalue weighted by molar-refractivity contribution is 5.89. The minimum Gasteiger partial charge on any atom is -0.452 e. The van der Waals surface area contributed by atoms with E-state index in [0.717, 1.165) is 17.5 Å². The third kappa shape index (κ3) is 7.54. The zero-order valence-corrected chi connectivity index (χ0v) is 14.7. The topological polar surface area (TPSA) is 26.3 Å². The molecule has 0 saturated heterocycles. The van der Waals surface area contributed by atoms with Crippen LogP contribution in [0.2, 0.25) is 0 Å². The summed E-state index contributed by atoms with van der Waals surface area (Å²) in [6.45, 7) is 2.42. The van der Waals surface area contributed by atoms with E-state index in [0.29, 0.717) is 0 Å². The number of aryl methyl sites for hydroxylation is 1. The highest BCUT2D eigenvalue weighted by Gasteiger charge is 1.96. The molecule has 0 unspecified atom stereocenters. The van der Waals surface area contributed by atoms with Gasteiger partial charge in [-0.05, 0) is 42.2 Å². The van der Waals surface area contributed by atoms with Crippen LogP contribution in [0.4, 0.5) is 0 Å². The molecule has 2 nitrogen and oxygen atoms in total. The third-order valence-corrected chi connectivity index (χ3v) is 3.75. The monoisotopic (exact) mass is 332 g/mol. The van der Waals surface area contributed by atoms with E-state index in [9.17, 15) is 4.79 Å². The van der Waals surface area contributed by atoms with Crippen LogP contribution in [0.25, 0.3) is 6.08 Å². The first kappa shape index (κ1) is 18.5. The molecule has 2 aromatic carbocycles. The van der Waals surface area contributed by atoms with Gasteiger partial charge < -0.3 is 4.74 Å². The number of ether oxygens (including phenoxy) is 1. The predicted molar refractivity (Wildman–Crippen MR) is 103 cm³/mol. The summed E-state index contributed by atoms with van der Waals surface area (Å²) in [6.07, 6.45) is 8.51. The Bertz CT molecular complexity index is 731. The molecule has 2 aromatic rings. The van der Waals surface area contributed by atoms with Gasteiger partial charge in [0, 0.05) is 11.5 Å². The van der Waals surface area contributed by atoms with E-state index in [1.807, 2.05) is 48.5 Å². The summed E-state index contributed by atoms with van der Waals surface area (Å²) in [5.41, 5.74) is 3.22. The molecule has 0 bridgehead atoms. The number of esters is 1. The van der Waals surface area contributed by atoms with Gasteiger partial charge in [0.05, 0.1) is 0 Å². The molecule has 0 fully saturated rings. The fraction of sp³-hybridized carbons (Fsp3) is 0.261. The minimum atomic E-state index is -0.510. The van der Waals surface area contributed by atoms with E-state index in [1.54, 1.807) is 6.08 Å². The number of carbonyl (C=O) groups excluding carboxylic acids is 1. The van der Waals surface area contributed by atoms with E-state index in [2.05, 4.69) is 30.9 Å². The Morgan fingerprint density at radius 3 is 2.52 bits per heavy atom. The van der Waals surface area contributed by atoms with Gasteiger partial charge in [0.25, 0.3) is 0 Å². The summed E-state index contributed by atoms with van der Waals surface area (Å²) in [6, 6.07) is 17.9. The lowest BCUT2D eigenvalue weighted by atomic mass is 10.1. The molecule has 0 aliphatic heterocycles. The van der Waals surface area contributed by atoms with Crippen molar-refractivity contribution in [2.75, 3.05) is 6.61 Å². The van der Waals surface area contributed by atoms with Gasteiger partial charge in [0.2, 0.25) is 0 Å². The first-order valence-electron chi connectivity index (χ1n) is 8.77. The second-order valence-corrected chi connectivity index (χ2v) is 5.82. The standard InChI is InChI=1S/C23H24O2/c1-2-3-5-9-21-13-15-22(16-14-21)17-18-23(24)25-19-8-12-20-10-6-4-7-11-20/h4,6-8,10-16H,2-3,5,9,19H2,1H3/b12-8+. The van der Waals surface area contributed by atoms with Gasteiger partial charge in [0.1, 0.15) is 6.61 Å². The Morgan fingerprint density at radius 2 is 1.80 bits per heavy atom. The highest BCUT2D eigenvalue weighted by atomic mass is 16.5. The maximum Gasteiger partial charge on any atom is 0.385 e. The van der Waals surface area contributed by atoms with Crippen molar-refractivity contribution in [2.24, 2.45) is 0 Å². The lowest BCUT2D eigenvalue weighted by Gasteiger charge is -2.00. The first-order chi connectivity index (χ1) is 12.3. The molecule has 2 heteroatoms. The van der Waals surface area contributed by atoms with Crippen molar-refractivity contribution in [3.05, 3.63) is 77.4 Å². The van der Waals surface area contributed by atoms with E-state index >= 15 is 0 Å². The molecule has 0 saturated carbocycles. The maximum atomic E-state index is 11.6. The van der Waals surface area contributed by atoms with Crippen LogP contribution >= 0.6 is 0 Å². The summed E-state index contributed by atoms with van der Waals surface area (Å²) in [5.74, 6) is 4.86. The molecule has 0 radical (unpaired) electrons. The lowest BCUT2D eigenvalue weighted by Crippen LogP contribution is -2.00. The molecule has 0 aliphatic carbocycles. The molecular weight excluding hydrogens is 308 g/mol. The van der Waals surface area contributed by atoms with Crippen LogP contribution in [0.15, 0.2) is 60.7 Å². The van der Waals surface area contributed by atoms with Crippen molar-refractivity contribution in [1.29, 1.82) is 0 Å². The van der Waals surface area contributed by atoms with Crippen molar-refractivity contribution in [2.45, 2.75) is 32.6 Å². The van der Waals surface area contributed by atoms with Crippen molar-refractivity contribution >= 4 is 12.0 Å². The van der Waals surface area contributed by atoms with Crippen LogP contribution in [0.1, 0.15) is 42.9 Å². The number of carbonyl (C=O) groups is 1. The van der Waals surface area contributed by atoms with Gasteiger partial charge >= 0.3 is 5.97 Å². The zero-order chi connectivity index (χ0) is 17.7. The highest BCUT2D eigenvalue weighted by Crippen LogP contribution is 2.08. The molecule has 0 aliphatic rings. The quantitative estimate of drug-likeness (QED) is 0.404. The molecule has 0 atom stereocenters. The molecule has 0 heterocycles. The zero-order valence-electron chi connectivity index (χ0n) is 14.7. The number of rotatable bonds is 7. The van der Waals surface area contributed by atoms with Crippen molar-refractivity contribution in [3.8, 4) is 11.8 Å². The van der Waals surface area contributed by atoms with Crippen LogP contribution in [0.5, 0.6) is 0 Å². The Hall–Kier alpha value is -2.79. The fourth-order valence-corrected chi connectivity index (χ4v) is 2.37. The maximum absolute atomic E-state index is 11.6. The van der Waals surface area contributed by atoms with Gasteiger partial charge in [-0.15, -0.1) is 0 Å². The number of hydrogen-bond acceptors (Lipinski definition) is 2. The molecule has 0 spiro atoms. The van der Waals surface area contributed by atoms with Gasteiger partial charge in [-0.25, -0.2) is 4.79 Å². The minimum absolute atomic E-state index is 0.221. The van der Waals surface area contributed by atoms with E-state index in [4.69, 9.17) is 4.74 Å². The van der Waals surface area contributed by atoms with Gasteiger partial charge in [-0.3, -0.25) is 0 Å². The van der Waals surface area contributed by atoms with Gasteiger partial charge in [0.15, 0.2) is 0 Å². The number of benzene rings is 2. The Morgan fingerprint density at radius 1 is 1.04 bits per heavy atom. The molecule has 2 rings (SSSR count). The third-order valence-electron chi connectivity index (χ3n) is 3.75. The smallest absolute Gasteiger partial charge is 0.385 e. The van der Waals surface area contributed by atoms with Gasteiger partial charge in [-0.2, -0.15) is 0 Å². The lowest BCUT2D eigenvalue weighted by molar-refractivity contribution is -0.135. The van der Waals surface area contributed by atoms with Crippen molar-refractivity contribution < 1.29 is 9.53 Å². The Balaban J connectivity index is 1.76. The van der Waals surface area contributed by atoms with Crippen molar-refractivity contribution in [3.63, 3.8) is 0 Å². The van der Waals surface area contributed by atoms with Crippen molar-refractivity contribution in [1.82, 2.24) is 0 Å². The Kier molecular flexibility index (Phi) is 8.08. The normalized spacial score (nSPS) is 10.3. The van der Waals surface area contributed by atoms with E-state index in [1.165, 1.54) is 24.8 Å². The van der Waals surface area contributed by atoms with Crippen LogP contribution in [-0.2, 0) is 16.0 Å².